The zero-order chi connectivity index (χ0) is 31.8. The lowest BCUT2D eigenvalue weighted by atomic mass is 9.88. The molecule has 228 valence electrons. The van der Waals surface area contributed by atoms with Gasteiger partial charge in [-0.2, -0.15) is 0 Å². The van der Waals surface area contributed by atoms with Crippen LogP contribution in [0.3, 0.4) is 0 Å². The van der Waals surface area contributed by atoms with Gasteiger partial charge in [0.2, 0.25) is 0 Å². The van der Waals surface area contributed by atoms with Gasteiger partial charge in [-0.1, -0.05) is 100 Å². The van der Waals surface area contributed by atoms with Crippen LogP contribution in [0.4, 0.5) is 0 Å². The van der Waals surface area contributed by atoms with Crippen LogP contribution in [-0.4, -0.2) is 9.55 Å². The number of nitrogens with zero attached hydrogens (tertiary/aromatic N) is 2. The average Bonchev–Trinajstić information content (AvgIpc) is 3.77. The fraction of sp³-hybridized carbons (Fsp3) is 0.140. The normalized spacial score (nSPS) is 12.2. The van der Waals surface area contributed by atoms with Gasteiger partial charge in [0.1, 0.15) is 17.0 Å². The lowest BCUT2D eigenvalue weighted by Gasteiger charge is -2.24. The Morgan fingerprint density at radius 3 is 2.09 bits per heavy atom. The van der Waals surface area contributed by atoms with Crippen molar-refractivity contribution in [3.8, 4) is 28.2 Å². The number of furan rings is 1. The number of thiophene rings is 1. The average molecular weight is 627 g/mol. The molecule has 0 N–H and O–H groups in total. The van der Waals surface area contributed by atoms with Crippen molar-refractivity contribution >= 4 is 64.5 Å². The Bertz CT molecular complexity index is 2610. The molecule has 0 amide bonds. The monoisotopic (exact) mass is 626 g/mol. The number of aromatic nitrogens is 2. The summed E-state index contributed by atoms with van der Waals surface area (Å²) in [5, 5.41) is 4.77. The van der Waals surface area contributed by atoms with E-state index in [4.69, 9.17) is 9.40 Å². The molecule has 0 aliphatic carbocycles. The molecule has 3 nitrogen and oxygen atoms in total. The first-order valence-corrected chi connectivity index (χ1v) is 17.3. The van der Waals surface area contributed by atoms with Gasteiger partial charge in [-0.3, -0.25) is 4.57 Å². The van der Waals surface area contributed by atoms with Crippen LogP contribution in [0.25, 0.3) is 81.3 Å². The Balaban J connectivity index is 1.35. The maximum atomic E-state index is 6.31. The summed E-state index contributed by atoms with van der Waals surface area (Å²) in [7, 11) is 0. The van der Waals surface area contributed by atoms with E-state index in [0.29, 0.717) is 11.8 Å². The largest absolute Gasteiger partial charge is 0.456 e. The molecule has 0 fully saturated rings. The van der Waals surface area contributed by atoms with E-state index >= 15 is 0 Å². The smallest absolute Gasteiger partial charge is 0.147 e. The van der Waals surface area contributed by atoms with Gasteiger partial charge in [0.05, 0.1) is 16.7 Å². The van der Waals surface area contributed by atoms with E-state index in [1.54, 1.807) is 0 Å². The van der Waals surface area contributed by atoms with Crippen molar-refractivity contribution in [3.05, 3.63) is 132 Å². The fourth-order valence-electron chi connectivity index (χ4n) is 7.24. The molecule has 0 atom stereocenters. The van der Waals surface area contributed by atoms with Crippen LogP contribution < -0.4 is 0 Å². The highest BCUT2D eigenvalue weighted by Gasteiger charge is 2.25. The van der Waals surface area contributed by atoms with Gasteiger partial charge in [-0.15, -0.1) is 11.3 Å². The van der Waals surface area contributed by atoms with E-state index in [9.17, 15) is 0 Å². The van der Waals surface area contributed by atoms with Crippen molar-refractivity contribution in [2.45, 2.75) is 39.5 Å². The summed E-state index contributed by atoms with van der Waals surface area (Å²) in [6, 6.07) is 43.7. The Hall–Kier alpha value is -5.19. The predicted molar refractivity (Wildman–Crippen MR) is 200 cm³/mol. The standard InChI is InChI=1S/C43H34N2OS/c1-25(2)32-21-28(27-13-6-5-7-14-27)22-33(26(3)4)41(32)45-37-19-10-9-18-36(37)44-43(45)31-17-12-16-30-35-23-39-34(24-40(35)47-42(30)31)29-15-8-11-20-38(29)46-39/h5-26H,1-4H3. The second-order valence-electron chi connectivity index (χ2n) is 13.2. The third-order valence-electron chi connectivity index (χ3n) is 9.54. The van der Waals surface area contributed by atoms with Gasteiger partial charge < -0.3 is 4.42 Å². The first-order chi connectivity index (χ1) is 23.0. The van der Waals surface area contributed by atoms with Crippen LogP contribution in [0.15, 0.2) is 126 Å². The minimum absolute atomic E-state index is 0.311. The minimum Gasteiger partial charge on any atom is -0.456 e. The van der Waals surface area contributed by atoms with Crippen LogP contribution >= 0.6 is 11.3 Å². The van der Waals surface area contributed by atoms with Crippen LogP contribution in [0.5, 0.6) is 0 Å². The molecule has 3 heterocycles. The summed E-state index contributed by atoms with van der Waals surface area (Å²) >= 11 is 1.85. The summed E-state index contributed by atoms with van der Waals surface area (Å²) < 4.78 is 11.3. The molecule has 0 bridgehead atoms. The lowest BCUT2D eigenvalue weighted by molar-refractivity contribution is 0.669. The van der Waals surface area contributed by atoms with Gasteiger partial charge in [0.15, 0.2) is 0 Å². The Kier molecular flexibility index (Phi) is 6.38. The molecule has 0 aliphatic rings. The van der Waals surface area contributed by atoms with Crippen molar-refractivity contribution in [1.29, 1.82) is 0 Å². The van der Waals surface area contributed by atoms with Gasteiger partial charge in [-0.05, 0) is 82.6 Å². The highest BCUT2D eigenvalue weighted by molar-refractivity contribution is 7.26. The molecule has 4 heteroatoms. The van der Waals surface area contributed by atoms with Crippen molar-refractivity contribution in [2.24, 2.45) is 0 Å². The molecule has 9 rings (SSSR count). The number of imidazole rings is 1. The highest BCUT2D eigenvalue weighted by atomic mass is 32.1. The third kappa shape index (κ3) is 4.35. The molecule has 0 unspecified atom stereocenters. The quantitative estimate of drug-likeness (QED) is 0.190. The molecule has 0 spiro atoms. The van der Waals surface area contributed by atoms with Crippen molar-refractivity contribution in [2.75, 3.05) is 0 Å². The second-order valence-corrected chi connectivity index (χ2v) is 14.2. The Morgan fingerprint density at radius 1 is 0.596 bits per heavy atom. The second kappa shape index (κ2) is 10.7. The molecular formula is C43H34N2OS. The summed E-state index contributed by atoms with van der Waals surface area (Å²) in [6.45, 7) is 9.23. The van der Waals surface area contributed by atoms with Crippen LogP contribution in [0.2, 0.25) is 0 Å². The zero-order valence-electron chi connectivity index (χ0n) is 26.9. The molecule has 3 aromatic heterocycles. The molecule has 0 saturated heterocycles. The van der Waals surface area contributed by atoms with Gasteiger partial charge >= 0.3 is 0 Å². The van der Waals surface area contributed by atoms with E-state index in [1.807, 2.05) is 23.5 Å². The molecule has 0 aliphatic heterocycles. The number of para-hydroxylation sites is 3. The van der Waals surface area contributed by atoms with E-state index in [-0.39, 0.29) is 0 Å². The highest BCUT2D eigenvalue weighted by Crippen LogP contribution is 2.45. The van der Waals surface area contributed by atoms with Crippen LogP contribution in [0, 0.1) is 0 Å². The maximum absolute atomic E-state index is 6.31. The Labute approximate surface area is 277 Å². The SMILES string of the molecule is CC(C)c1cc(-c2ccccc2)cc(C(C)C)c1-n1c(-c2cccc3c2sc2cc4c(cc23)oc2ccccc24)nc2ccccc21. The third-order valence-corrected chi connectivity index (χ3v) is 10.7. The first-order valence-electron chi connectivity index (χ1n) is 16.4. The van der Waals surface area contributed by atoms with Crippen LogP contribution in [0.1, 0.15) is 50.7 Å². The van der Waals surface area contributed by atoms with Gasteiger partial charge in [-0.25, -0.2) is 4.98 Å². The van der Waals surface area contributed by atoms with Crippen molar-refractivity contribution < 1.29 is 4.42 Å². The summed E-state index contributed by atoms with van der Waals surface area (Å²) in [5.74, 6) is 1.60. The summed E-state index contributed by atoms with van der Waals surface area (Å²) in [5.41, 5.74) is 11.5. The van der Waals surface area contributed by atoms with E-state index < -0.39 is 0 Å². The maximum Gasteiger partial charge on any atom is 0.147 e. The van der Waals surface area contributed by atoms with Crippen molar-refractivity contribution in [3.63, 3.8) is 0 Å². The number of hydrogen-bond donors (Lipinski definition) is 0. The van der Waals surface area contributed by atoms with Gasteiger partial charge in [0.25, 0.3) is 0 Å². The molecule has 47 heavy (non-hydrogen) atoms. The number of fused-ring (bicyclic) bond motifs is 7. The molecule has 6 aromatic carbocycles. The predicted octanol–water partition coefficient (Wildman–Crippen LogP) is 12.9. The van der Waals surface area contributed by atoms with E-state index in [2.05, 4.69) is 141 Å². The van der Waals surface area contributed by atoms with Gasteiger partial charge in [0, 0.05) is 36.5 Å². The topological polar surface area (TPSA) is 31.0 Å². The molecule has 0 saturated carbocycles. The minimum atomic E-state index is 0.311. The lowest BCUT2D eigenvalue weighted by Crippen LogP contribution is -2.09. The summed E-state index contributed by atoms with van der Waals surface area (Å²) in [4.78, 5) is 5.40. The Morgan fingerprint density at radius 2 is 1.30 bits per heavy atom. The molecule has 0 radical (unpaired) electrons. The van der Waals surface area contributed by atoms with Crippen LogP contribution in [-0.2, 0) is 0 Å². The number of hydrogen-bond acceptors (Lipinski definition) is 3. The first kappa shape index (κ1) is 28.1. The molecular weight excluding hydrogens is 593 g/mol. The zero-order valence-corrected chi connectivity index (χ0v) is 27.7. The van der Waals surface area contributed by atoms with E-state index in [0.717, 1.165) is 44.4 Å². The van der Waals surface area contributed by atoms with Crippen molar-refractivity contribution in [1.82, 2.24) is 9.55 Å². The fourth-order valence-corrected chi connectivity index (χ4v) is 8.47. The number of rotatable bonds is 5. The van der Waals surface area contributed by atoms with E-state index in [1.165, 1.54) is 48.1 Å². The summed E-state index contributed by atoms with van der Waals surface area (Å²) in [6.07, 6.45) is 0. The molecule has 9 aromatic rings. The number of benzene rings is 6.